The fourth-order valence-corrected chi connectivity index (χ4v) is 7.69. The second-order valence-electron chi connectivity index (χ2n) is 12.5. The highest BCUT2D eigenvalue weighted by atomic mass is 16.3. The first kappa shape index (κ1) is 24.9. The number of aryl methyl sites for hydroxylation is 2. The first-order chi connectivity index (χ1) is 23.1. The van der Waals surface area contributed by atoms with Crippen LogP contribution in [0.15, 0.2) is 126 Å². The average Bonchev–Trinajstić information content (AvgIpc) is 3.90. The van der Waals surface area contributed by atoms with E-state index in [-0.39, 0.29) is 0 Å². The molecule has 0 saturated carbocycles. The molecule has 0 spiro atoms. The van der Waals surface area contributed by atoms with E-state index in [2.05, 4.69) is 141 Å². The second kappa shape index (κ2) is 8.68. The van der Waals surface area contributed by atoms with E-state index in [0.29, 0.717) is 0 Å². The number of fused-ring (bicyclic) bond motifs is 13. The maximum Gasteiger partial charge on any atom is 0.215 e. The van der Waals surface area contributed by atoms with Crippen LogP contribution in [0.4, 0.5) is 0 Å². The van der Waals surface area contributed by atoms with E-state index >= 15 is 0 Å². The lowest BCUT2D eigenvalue weighted by atomic mass is 9.99. The van der Waals surface area contributed by atoms with E-state index in [4.69, 9.17) is 14.4 Å². The van der Waals surface area contributed by atoms with Crippen LogP contribution >= 0.6 is 0 Å². The Labute approximate surface area is 267 Å². The Balaban J connectivity index is 1.09. The lowest BCUT2D eigenvalue weighted by Gasteiger charge is -2.05. The van der Waals surface area contributed by atoms with Crippen LogP contribution in [0.3, 0.4) is 0 Å². The number of hydrogen-bond donors (Lipinski definition) is 0. The maximum atomic E-state index is 6.62. The lowest BCUT2D eigenvalue weighted by Crippen LogP contribution is -1.88. The summed E-state index contributed by atoms with van der Waals surface area (Å²) in [6, 6.07) is 42.9. The minimum atomic E-state index is 0.878. The molecule has 11 aromatic rings. The molecule has 0 bridgehead atoms. The van der Waals surface area contributed by atoms with Gasteiger partial charge in [-0.15, -0.1) is 0 Å². The molecule has 0 radical (unpaired) electrons. The zero-order valence-electron chi connectivity index (χ0n) is 25.6. The van der Waals surface area contributed by atoms with E-state index in [1.807, 2.05) is 12.1 Å². The fourth-order valence-electron chi connectivity index (χ4n) is 7.69. The van der Waals surface area contributed by atoms with Crippen molar-refractivity contribution in [3.63, 3.8) is 0 Å². The van der Waals surface area contributed by atoms with Gasteiger partial charge in [-0.2, -0.15) is 0 Å². The molecule has 0 aliphatic heterocycles. The van der Waals surface area contributed by atoms with Crippen LogP contribution in [0.25, 0.3) is 99.9 Å². The fraction of sp³-hybridized carbons (Fsp3) is 0.0500. The largest absolute Gasteiger partial charge is 0.455 e. The van der Waals surface area contributed by atoms with Gasteiger partial charge in [-0.1, -0.05) is 60.7 Å². The van der Waals surface area contributed by atoms with Gasteiger partial charge in [0.1, 0.15) is 11.2 Å². The number of hydrogen-bond acceptors (Lipinski definition) is 3. The van der Waals surface area contributed by atoms with Gasteiger partial charge >= 0.3 is 0 Å². The van der Waals surface area contributed by atoms with Crippen molar-refractivity contribution in [3.05, 3.63) is 121 Å². The van der Waals surface area contributed by atoms with Crippen LogP contribution in [0.5, 0.6) is 0 Å². The smallest absolute Gasteiger partial charge is 0.215 e. The van der Waals surface area contributed by atoms with Crippen LogP contribution in [-0.2, 0) is 14.1 Å². The van der Waals surface area contributed by atoms with Crippen molar-refractivity contribution in [2.75, 3.05) is 0 Å². The summed E-state index contributed by atoms with van der Waals surface area (Å²) in [7, 11) is 4.16. The van der Waals surface area contributed by atoms with Gasteiger partial charge in [0.25, 0.3) is 0 Å². The molecule has 222 valence electrons. The molecule has 47 heavy (non-hydrogen) atoms. The third-order valence-electron chi connectivity index (χ3n) is 9.98. The van der Waals surface area contributed by atoms with Crippen LogP contribution in [0.2, 0.25) is 0 Å². The maximum absolute atomic E-state index is 6.62. The number of aromatic nitrogens is 6. The highest BCUT2D eigenvalue weighted by molar-refractivity contribution is 6.11. The molecule has 0 N–H and O–H groups in total. The van der Waals surface area contributed by atoms with Crippen LogP contribution in [0.1, 0.15) is 0 Å². The summed E-state index contributed by atoms with van der Waals surface area (Å²) < 4.78 is 15.5. The third-order valence-corrected chi connectivity index (χ3v) is 9.98. The van der Waals surface area contributed by atoms with E-state index in [0.717, 1.165) is 99.9 Å². The summed E-state index contributed by atoms with van der Waals surface area (Å²) in [6.45, 7) is 0. The van der Waals surface area contributed by atoms with Gasteiger partial charge in [-0.25, -0.2) is 9.97 Å². The van der Waals surface area contributed by atoms with Crippen LogP contribution in [0, 0.1) is 0 Å². The average molecular weight is 607 g/mol. The zero-order chi connectivity index (χ0) is 31.0. The van der Waals surface area contributed by atoms with Crippen molar-refractivity contribution in [1.82, 2.24) is 27.9 Å². The van der Waals surface area contributed by atoms with Gasteiger partial charge in [0.05, 0.1) is 44.1 Å². The molecular weight excluding hydrogens is 580 g/mol. The van der Waals surface area contributed by atoms with Crippen molar-refractivity contribution in [3.8, 4) is 22.3 Å². The number of benzene rings is 6. The third kappa shape index (κ3) is 3.20. The number of furan rings is 1. The molecule has 11 rings (SSSR count). The highest BCUT2D eigenvalue weighted by Gasteiger charge is 2.18. The van der Waals surface area contributed by atoms with Crippen LogP contribution in [-0.4, -0.2) is 27.9 Å². The molecule has 0 saturated heterocycles. The van der Waals surface area contributed by atoms with Gasteiger partial charge in [-0.3, -0.25) is 8.80 Å². The van der Waals surface area contributed by atoms with Crippen molar-refractivity contribution in [2.45, 2.75) is 0 Å². The first-order valence-corrected chi connectivity index (χ1v) is 15.8. The Kier molecular flexibility index (Phi) is 4.60. The Morgan fingerprint density at radius 2 is 1.04 bits per heavy atom. The van der Waals surface area contributed by atoms with E-state index < -0.39 is 0 Å². The Bertz CT molecular complexity index is 3110. The summed E-state index contributed by atoms with van der Waals surface area (Å²) >= 11 is 0. The number of nitrogens with zero attached hydrogens (tertiary/aromatic N) is 6. The lowest BCUT2D eigenvalue weighted by molar-refractivity contribution is 0.670. The molecule has 0 amide bonds. The van der Waals surface area contributed by atoms with E-state index in [1.54, 1.807) is 0 Å². The molecule has 7 nitrogen and oxygen atoms in total. The van der Waals surface area contributed by atoms with Crippen molar-refractivity contribution >= 4 is 77.6 Å². The summed E-state index contributed by atoms with van der Waals surface area (Å²) in [5.41, 5.74) is 15.0. The Morgan fingerprint density at radius 3 is 1.72 bits per heavy atom. The molecule has 0 fully saturated rings. The standard InChI is InChI=1S/C40H26N6O/c1-43-33-17-14-24(21-35(33)45-31-12-5-3-10-29(31)41-39(43)45)23-16-19-37-28(20-23)27-9-7-8-26(38(27)47-37)25-15-18-34-36(22-25)46-32-13-6-4-11-30(32)42-40(46)44(34)2/h3-22H,1-2H3. The molecule has 6 aromatic carbocycles. The summed E-state index contributed by atoms with van der Waals surface area (Å²) in [5, 5.41) is 2.21. The van der Waals surface area contributed by atoms with E-state index in [1.165, 1.54) is 0 Å². The first-order valence-electron chi connectivity index (χ1n) is 15.8. The molecule has 5 aromatic heterocycles. The van der Waals surface area contributed by atoms with Gasteiger partial charge in [0.2, 0.25) is 11.6 Å². The molecule has 0 unspecified atom stereocenters. The Hall–Kier alpha value is -6.34. The quantitative estimate of drug-likeness (QED) is 0.197. The van der Waals surface area contributed by atoms with Crippen molar-refractivity contribution < 1.29 is 4.42 Å². The minimum Gasteiger partial charge on any atom is -0.455 e. The summed E-state index contributed by atoms with van der Waals surface area (Å²) in [6.07, 6.45) is 0. The molecular formula is C40H26N6O. The molecule has 7 heteroatoms. The minimum absolute atomic E-state index is 0.878. The normalized spacial score (nSPS) is 12.5. The van der Waals surface area contributed by atoms with Gasteiger partial charge < -0.3 is 13.6 Å². The predicted octanol–water partition coefficient (Wildman–Crippen LogP) is 9.51. The van der Waals surface area contributed by atoms with Crippen LogP contribution < -0.4 is 0 Å². The monoisotopic (exact) mass is 606 g/mol. The SMILES string of the molecule is Cn1c2ccc(-c3ccc4oc5c(-c6ccc7c(c6)n6c8ccccc8nc6n7C)cccc5c4c3)cc2n2c3ccccc3nc12. The van der Waals surface area contributed by atoms with Gasteiger partial charge in [-0.05, 0) is 77.4 Å². The molecule has 0 atom stereocenters. The van der Waals surface area contributed by atoms with Crippen molar-refractivity contribution in [1.29, 1.82) is 0 Å². The highest BCUT2D eigenvalue weighted by Crippen LogP contribution is 2.39. The Morgan fingerprint density at radius 1 is 0.468 bits per heavy atom. The molecule has 0 aliphatic carbocycles. The summed E-state index contributed by atoms with van der Waals surface area (Å²) in [4.78, 5) is 9.82. The second-order valence-corrected chi connectivity index (χ2v) is 12.5. The van der Waals surface area contributed by atoms with Crippen molar-refractivity contribution in [2.24, 2.45) is 14.1 Å². The van der Waals surface area contributed by atoms with E-state index in [9.17, 15) is 0 Å². The zero-order valence-corrected chi connectivity index (χ0v) is 25.6. The number of para-hydroxylation sites is 5. The topological polar surface area (TPSA) is 57.6 Å². The summed E-state index contributed by atoms with van der Waals surface area (Å²) in [5.74, 6) is 1.88. The number of rotatable bonds is 2. The molecule has 5 heterocycles. The molecule has 0 aliphatic rings. The van der Waals surface area contributed by atoms with Gasteiger partial charge in [0, 0.05) is 30.4 Å². The number of imidazole rings is 4. The predicted molar refractivity (Wildman–Crippen MR) is 190 cm³/mol. The van der Waals surface area contributed by atoms with Gasteiger partial charge in [0.15, 0.2) is 0 Å².